The highest BCUT2D eigenvalue weighted by Crippen LogP contribution is 2.28. The molecule has 1 N–H and O–H groups in total. The van der Waals surface area contributed by atoms with Crippen molar-refractivity contribution in [1.29, 1.82) is 0 Å². The summed E-state index contributed by atoms with van der Waals surface area (Å²) in [4.78, 5) is 37.2. The largest absolute Gasteiger partial charge is 0.480 e. The summed E-state index contributed by atoms with van der Waals surface area (Å²) in [7, 11) is 0. The number of thiophene rings is 1. The molecule has 0 saturated carbocycles. The van der Waals surface area contributed by atoms with E-state index in [0.29, 0.717) is 10.6 Å². The van der Waals surface area contributed by atoms with Gasteiger partial charge in [0.15, 0.2) is 0 Å². The SMILES string of the molecule is O=C(O)C(Cc1ccccc1)N(Cc1csc([N+](=O)[O-])c1)C(=O)c1ccc(Cl)cc1Cl. The van der Waals surface area contributed by atoms with Gasteiger partial charge in [0, 0.05) is 29.4 Å². The van der Waals surface area contributed by atoms with Gasteiger partial charge in [-0.15, -0.1) is 0 Å². The van der Waals surface area contributed by atoms with Gasteiger partial charge in [-0.2, -0.15) is 0 Å². The Bertz CT molecular complexity index is 1120. The van der Waals surface area contributed by atoms with Crippen LogP contribution in [0.5, 0.6) is 0 Å². The number of carboxylic acid groups (broad SMARTS) is 1. The predicted octanol–water partition coefficient (Wildman–Crippen LogP) is 5.30. The maximum Gasteiger partial charge on any atom is 0.326 e. The second-order valence-corrected chi connectivity index (χ2v) is 8.38. The third-order valence-electron chi connectivity index (χ3n) is 4.53. The average Bonchev–Trinajstić information content (AvgIpc) is 3.20. The Balaban J connectivity index is 2.01. The number of carboxylic acids is 1. The van der Waals surface area contributed by atoms with E-state index >= 15 is 0 Å². The number of benzene rings is 2. The lowest BCUT2D eigenvalue weighted by atomic mass is 10.0. The van der Waals surface area contributed by atoms with Crippen LogP contribution in [-0.4, -0.2) is 32.8 Å². The Morgan fingerprint density at radius 3 is 2.39 bits per heavy atom. The van der Waals surface area contributed by atoms with E-state index in [0.717, 1.165) is 21.8 Å². The average molecular weight is 479 g/mol. The molecule has 1 unspecified atom stereocenters. The molecule has 1 heterocycles. The van der Waals surface area contributed by atoms with Crippen molar-refractivity contribution in [3.8, 4) is 0 Å². The number of carbonyl (C=O) groups excluding carboxylic acids is 1. The minimum Gasteiger partial charge on any atom is -0.480 e. The fourth-order valence-corrected chi connectivity index (χ4v) is 4.26. The number of amides is 1. The molecule has 0 saturated heterocycles. The van der Waals surface area contributed by atoms with Crippen LogP contribution in [-0.2, 0) is 17.8 Å². The van der Waals surface area contributed by atoms with Gasteiger partial charge in [-0.3, -0.25) is 14.9 Å². The maximum absolute atomic E-state index is 13.4. The van der Waals surface area contributed by atoms with Gasteiger partial charge in [0.05, 0.1) is 15.5 Å². The first-order chi connectivity index (χ1) is 14.8. The van der Waals surface area contributed by atoms with Gasteiger partial charge in [0.1, 0.15) is 6.04 Å². The number of hydrogen-bond acceptors (Lipinski definition) is 5. The standard InChI is InChI=1S/C21H16Cl2N2O5S/c22-15-6-7-16(17(23)10-15)20(26)24(11-14-9-19(25(29)30)31-12-14)18(21(27)28)8-13-4-2-1-3-5-13/h1-7,9-10,12,18H,8,11H2,(H,27,28). The molecule has 31 heavy (non-hydrogen) atoms. The molecule has 2 aromatic carbocycles. The zero-order valence-electron chi connectivity index (χ0n) is 15.9. The second kappa shape index (κ2) is 9.91. The van der Waals surface area contributed by atoms with E-state index in [9.17, 15) is 24.8 Å². The third-order valence-corrected chi connectivity index (χ3v) is 6.01. The summed E-state index contributed by atoms with van der Waals surface area (Å²) in [6.45, 7) is -0.133. The van der Waals surface area contributed by atoms with Crippen LogP contribution in [0, 0.1) is 10.1 Å². The minimum absolute atomic E-state index is 0.0549. The smallest absolute Gasteiger partial charge is 0.326 e. The van der Waals surface area contributed by atoms with E-state index in [1.165, 1.54) is 29.6 Å². The van der Waals surface area contributed by atoms with E-state index in [1.807, 2.05) is 0 Å². The summed E-state index contributed by atoms with van der Waals surface area (Å²) < 4.78 is 0. The molecular weight excluding hydrogens is 463 g/mol. The van der Waals surface area contributed by atoms with Crippen molar-refractivity contribution < 1.29 is 19.6 Å². The molecule has 10 heteroatoms. The van der Waals surface area contributed by atoms with Crippen LogP contribution in [0.3, 0.4) is 0 Å². The third kappa shape index (κ3) is 5.61. The topological polar surface area (TPSA) is 101 Å². The van der Waals surface area contributed by atoms with Crippen LogP contribution in [0.2, 0.25) is 10.0 Å². The molecule has 3 rings (SSSR count). The molecule has 1 amide bonds. The van der Waals surface area contributed by atoms with Gasteiger partial charge < -0.3 is 10.0 Å². The van der Waals surface area contributed by atoms with E-state index in [1.54, 1.807) is 30.3 Å². The van der Waals surface area contributed by atoms with Crippen molar-refractivity contribution >= 4 is 51.4 Å². The molecule has 1 aromatic heterocycles. The highest BCUT2D eigenvalue weighted by Gasteiger charge is 2.32. The molecular formula is C21H16Cl2N2O5S. The van der Waals surface area contributed by atoms with Crippen molar-refractivity contribution in [1.82, 2.24) is 4.90 Å². The number of nitro groups is 1. The maximum atomic E-state index is 13.4. The monoisotopic (exact) mass is 478 g/mol. The lowest BCUT2D eigenvalue weighted by Crippen LogP contribution is -2.46. The van der Waals surface area contributed by atoms with Crippen LogP contribution in [0.15, 0.2) is 60.0 Å². The molecule has 0 spiro atoms. The Labute approximate surface area is 191 Å². The lowest BCUT2D eigenvalue weighted by Gasteiger charge is -2.29. The van der Waals surface area contributed by atoms with Crippen molar-refractivity contribution in [2.45, 2.75) is 19.0 Å². The van der Waals surface area contributed by atoms with E-state index in [2.05, 4.69) is 0 Å². The normalized spacial score (nSPS) is 11.7. The summed E-state index contributed by atoms with van der Waals surface area (Å²) in [5.74, 6) is -1.81. The highest BCUT2D eigenvalue weighted by molar-refractivity contribution is 7.13. The Hall–Kier alpha value is -2.94. The molecule has 0 aliphatic carbocycles. The fraction of sp³-hybridized carbons (Fsp3) is 0.143. The van der Waals surface area contributed by atoms with E-state index in [4.69, 9.17) is 23.2 Å². The van der Waals surface area contributed by atoms with Crippen molar-refractivity contribution in [3.63, 3.8) is 0 Å². The molecule has 0 fully saturated rings. The van der Waals surface area contributed by atoms with Crippen LogP contribution >= 0.6 is 34.5 Å². The molecule has 0 aliphatic rings. The predicted molar refractivity (Wildman–Crippen MR) is 119 cm³/mol. The zero-order valence-corrected chi connectivity index (χ0v) is 18.2. The number of hydrogen-bond donors (Lipinski definition) is 1. The number of rotatable bonds is 8. The zero-order chi connectivity index (χ0) is 22.5. The summed E-state index contributed by atoms with van der Waals surface area (Å²) >= 11 is 13.0. The highest BCUT2D eigenvalue weighted by atomic mass is 35.5. The van der Waals surface area contributed by atoms with Gasteiger partial charge in [-0.1, -0.05) is 64.9 Å². The summed E-state index contributed by atoms with van der Waals surface area (Å²) in [5, 5.41) is 22.8. The number of aliphatic carboxylic acids is 1. The number of nitrogens with zero attached hydrogens (tertiary/aromatic N) is 2. The quantitative estimate of drug-likeness (QED) is 0.349. The van der Waals surface area contributed by atoms with Gasteiger partial charge in [-0.05, 0) is 29.3 Å². The minimum atomic E-state index is -1.22. The van der Waals surface area contributed by atoms with Crippen LogP contribution in [0.1, 0.15) is 21.5 Å². The first-order valence-electron chi connectivity index (χ1n) is 9.01. The summed E-state index contributed by atoms with van der Waals surface area (Å²) in [6, 6.07) is 13.3. The van der Waals surface area contributed by atoms with Gasteiger partial charge in [-0.25, -0.2) is 4.79 Å². The molecule has 160 valence electrons. The second-order valence-electron chi connectivity index (χ2n) is 6.65. The van der Waals surface area contributed by atoms with Crippen molar-refractivity contribution in [2.24, 2.45) is 0 Å². The van der Waals surface area contributed by atoms with Crippen molar-refractivity contribution in [2.75, 3.05) is 0 Å². The molecule has 0 radical (unpaired) electrons. The number of halogens is 2. The lowest BCUT2D eigenvalue weighted by molar-refractivity contribution is -0.380. The molecule has 7 nitrogen and oxygen atoms in total. The van der Waals surface area contributed by atoms with Gasteiger partial charge in [0.25, 0.3) is 5.91 Å². The summed E-state index contributed by atoms with van der Waals surface area (Å²) in [6.07, 6.45) is 0.0549. The Morgan fingerprint density at radius 2 is 1.81 bits per heavy atom. The van der Waals surface area contributed by atoms with E-state index in [-0.39, 0.29) is 28.6 Å². The first kappa shape index (κ1) is 22.7. The van der Waals surface area contributed by atoms with Gasteiger partial charge >= 0.3 is 11.0 Å². The molecule has 0 aliphatic heterocycles. The van der Waals surface area contributed by atoms with Crippen LogP contribution in [0.25, 0.3) is 0 Å². The molecule has 3 aromatic rings. The molecule has 0 bridgehead atoms. The Kier molecular flexibility index (Phi) is 7.27. The summed E-state index contributed by atoms with van der Waals surface area (Å²) in [5.41, 5.74) is 1.27. The van der Waals surface area contributed by atoms with Crippen LogP contribution in [0.4, 0.5) is 5.00 Å². The van der Waals surface area contributed by atoms with E-state index < -0.39 is 22.8 Å². The van der Waals surface area contributed by atoms with Crippen molar-refractivity contribution in [3.05, 3.63) is 96.8 Å². The number of carbonyl (C=O) groups is 2. The van der Waals surface area contributed by atoms with Gasteiger partial charge in [0.2, 0.25) is 0 Å². The van der Waals surface area contributed by atoms with Crippen LogP contribution < -0.4 is 0 Å². The fourth-order valence-electron chi connectivity index (χ4n) is 3.05. The molecule has 1 atom stereocenters. The first-order valence-corrected chi connectivity index (χ1v) is 10.6. The Morgan fingerprint density at radius 1 is 1.10 bits per heavy atom.